The van der Waals surface area contributed by atoms with Gasteiger partial charge in [0.25, 0.3) is 0 Å². The Morgan fingerprint density at radius 1 is 1.04 bits per heavy atom. The summed E-state index contributed by atoms with van der Waals surface area (Å²) in [6.45, 7) is 7.15. The minimum Gasteiger partial charge on any atom is -0.380 e. The number of carbonyl (C=O) groups excluding carboxylic acids is 1. The molecule has 3 aromatic rings. The lowest BCUT2D eigenvalue weighted by molar-refractivity contribution is 0.197. The van der Waals surface area contributed by atoms with E-state index in [1.165, 1.54) is 0 Å². The van der Waals surface area contributed by atoms with Crippen molar-refractivity contribution in [1.29, 1.82) is 0 Å². The van der Waals surface area contributed by atoms with E-state index in [1.807, 2.05) is 53.7 Å². The summed E-state index contributed by atoms with van der Waals surface area (Å²) in [6, 6.07) is 14.4. The quantitative estimate of drug-likeness (QED) is 0.772. The van der Waals surface area contributed by atoms with Crippen LogP contribution < -0.4 is 10.2 Å². The lowest BCUT2D eigenvalue weighted by Gasteiger charge is -2.36. The van der Waals surface area contributed by atoms with Gasteiger partial charge in [-0.3, -0.25) is 4.57 Å². The zero-order chi connectivity index (χ0) is 18.8. The molecule has 6 heteroatoms. The molecule has 0 aliphatic carbocycles. The molecule has 0 saturated carbocycles. The second-order valence-electron chi connectivity index (χ2n) is 7.17. The van der Waals surface area contributed by atoms with E-state index in [0.29, 0.717) is 19.1 Å². The van der Waals surface area contributed by atoms with Gasteiger partial charge in [-0.15, -0.1) is 0 Å². The van der Waals surface area contributed by atoms with E-state index in [9.17, 15) is 4.79 Å². The molecule has 0 atom stereocenters. The molecular weight excluding hydrogens is 338 g/mol. The Balaban J connectivity index is 1.47. The van der Waals surface area contributed by atoms with Crippen LogP contribution in [-0.2, 0) is 0 Å². The molecule has 0 radical (unpaired) electrons. The lowest BCUT2D eigenvalue weighted by atomic mass is 10.2. The number of carbonyl (C=O) groups is 1. The Kier molecular flexibility index (Phi) is 4.71. The van der Waals surface area contributed by atoms with E-state index in [4.69, 9.17) is 0 Å². The zero-order valence-electron chi connectivity index (χ0n) is 15.8. The van der Waals surface area contributed by atoms with Crippen LogP contribution in [0.2, 0.25) is 0 Å². The highest BCUT2D eigenvalue weighted by Gasteiger charge is 2.24. The van der Waals surface area contributed by atoms with Crippen molar-refractivity contribution in [2.75, 3.05) is 36.4 Å². The summed E-state index contributed by atoms with van der Waals surface area (Å²) in [5.74, 6) is 0.963. The van der Waals surface area contributed by atoms with E-state index >= 15 is 0 Å². The van der Waals surface area contributed by atoms with Crippen LogP contribution >= 0.6 is 0 Å². The number of amides is 1. The van der Waals surface area contributed by atoms with Gasteiger partial charge in [-0.25, -0.2) is 9.78 Å². The lowest BCUT2D eigenvalue weighted by Crippen LogP contribution is -2.50. The average Bonchev–Trinajstić information content (AvgIpc) is 3.12. The predicted molar refractivity (Wildman–Crippen MR) is 110 cm³/mol. The van der Waals surface area contributed by atoms with Crippen molar-refractivity contribution in [2.45, 2.75) is 19.9 Å². The van der Waals surface area contributed by atoms with E-state index < -0.39 is 0 Å². The van der Waals surface area contributed by atoms with Gasteiger partial charge < -0.3 is 15.1 Å². The van der Waals surface area contributed by atoms with Gasteiger partial charge in [0.1, 0.15) is 0 Å². The maximum absolute atomic E-state index is 13.0. The van der Waals surface area contributed by atoms with Crippen LogP contribution in [0.3, 0.4) is 0 Å². The highest BCUT2D eigenvalue weighted by atomic mass is 16.2. The first-order valence-corrected chi connectivity index (χ1v) is 9.45. The van der Waals surface area contributed by atoms with E-state index in [-0.39, 0.29) is 6.03 Å². The summed E-state index contributed by atoms with van der Waals surface area (Å²) in [4.78, 5) is 21.7. The van der Waals surface area contributed by atoms with Gasteiger partial charge in [-0.05, 0) is 38.1 Å². The molecule has 1 aliphatic rings. The monoisotopic (exact) mass is 363 g/mol. The molecule has 140 valence electrons. The molecule has 2 aromatic heterocycles. The van der Waals surface area contributed by atoms with Crippen LogP contribution in [0.1, 0.15) is 13.8 Å². The highest BCUT2D eigenvalue weighted by molar-refractivity contribution is 5.91. The molecule has 1 amide bonds. The van der Waals surface area contributed by atoms with Gasteiger partial charge in [-0.1, -0.05) is 18.2 Å². The smallest absolute Gasteiger partial charge is 0.328 e. The third-order valence-corrected chi connectivity index (χ3v) is 4.89. The molecule has 0 spiro atoms. The van der Waals surface area contributed by atoms with Crippen LogP contribution in [0.15, 0.2) is 54.9 Å². The fourth-order valence-corrected chi connectivity index (χ4v) is 3.58. The Bertz CT molecular complexity index is 940. The molecule has 27 heavy (non-hydrogen) atoms. The number of rotatable bonds is 3. The fourth-order valence-electron chi connectivity index (χ4n) is 3.58. The van der Waals surface area contributed by atoms with Gasteiger partial charge in [0.05, 0.1) is 11.2 Å². The first kappa shape index (κ1) is 17.4. The molecule has 1 N–H and O–H groups in total. The summed E-state index contributed by atoms with van der Waals surface area (Å²) in [6.07, 6.45) is 3.69. The molecule has 1 fully saturated rings. The van der Waals surface area contributed by atoms with Crippen molar-refractivity contribution in [3.05, 3.63) is 54.9 Å². The number of piperazine rings is 1. The molecule has 0 unspecified atom stereocenters. The third kappa shape index (κ3) is 3.47. The minimum atomic E-state index is 0.0393. The van der Waals surface area contributed by atoms with Crippen LogP contribution in [0.4, 0.5) is 16.3 Å². The predicted octanol–water partition coefficient (Wildman–Crippen LogP) is 3.65. The summed E-state index contributed by atoms with van der Waals surface area (Å²) >= 11 is 0. The van der Waals surface area contributed by atoms with Gasteiger partial charge in [-0.2, -0.15) is 0 Å². The van der Waals surface area contributed by atoms with Crippen LogP contribution in [-0.4, -0.2) is 52.7 Å². The first-order chi connectivity index (χ1) is 13.1. The molecular formula is C21H25N5O. The van der Waals surface area contributed by atoms with E-state index in [1.54, 1.807) is 4.57 Å². The Morgan fingerprint density at radius 2 is 1.81 bits per heavy atom. The number of fused-ring (bicyclic) bond motifs is 1. The Morgan fingerprint density at radius 3 is 2.59 bits per heavy atom. The zero-order valence-corrected chi connectivity index (χ0v) is 15.8. The van der Waals surface area contributed by atoms with Gasteiger partial charge in [0, 0.05) is 50.0 Å². The maximum Gasteiger partial charge on any atom is 0.328 e. The molecule has 4 rings (SSSR count). The summed E-state index contributed by atoms with van der Waals surface area (Å²) < 4.78 is 1.75. The average molecular weight is 363 g/mol. The fraction of sp³-hybridized carbons (Fsp3) is 0.333. The largest absolute Gasteiger partial charge is 0.380 e. The normalized spacial score (nSPS) is 14.8. The molecule has 1 aliphatic heterocycles. The topological polar surface area (TPSA) is 53.4 Å². The van der Waals surface area contributed by atoms with Gasteiger partial charge in [0.15, 0.2) is 5.82 Å². The van der Waals surface area contributed by atoms with Crippen molar-refractivity contribution in [3.8, 4) is 0 Å². The van der Waals surface area contributed by atoms with Crippen molar-refractivity contribution in [1.82, 2.24) is 14.5 Å². The summed E-state index contributed by atoms with van der Waals surface area (Å²) in [5.41, 5.74) is 2.00. The number of hydrogen-bond acceptors (Lipinski definition) is 4. The number of hydrogen-bond donors (Lipinski definition) is 1. The summed E-state index contributed by atoms with van der Waals surface area (Å²) in [5, 5.41) is 4.54. The molecule has 3 heterocycles. The van der Waals surface area contributed by atoms with Crippen LogP contribution in [0.5, 0.6) is 0 Å². The third-order valence-electron chi connectivity index (χ3n) is 4.89. The van der Waals surface area contributed by atoms with Gasteiger partial charge >= 0.3 is 6.03 Å². The van der Waals surface area contributed by atoms with E-state index in [0.717, 1.165) is 35.5 Å². The van der Waals surface area contributed by atoms with Crippen LogP contribution in [0.25, 0.3) is 10.9 Å². The molecule has 0 bridgehead atoms. The SMILES string of the molecule is CC(C)Nc1cccnc1N1CCN(C(=O)n2ccc3ccccc32)CC1. The van der Waals surface area contributed by atoms with Crippen molar-refractivity contribution >= 4 is 28.4 Å². The maximum atomic E-state index is 13.0. The number of nitrogens with zero attached hydrogens (tertiary/aromatic N) is 4. The van der Waals surface area contributed by atoms with Gasteiger partial charge in [0.2, 0.25) is 0 Å². The molecule has 1 aromatic carbocycles. The second-order valence-corrected chi connectivity index (χ2v) is 7.17. The van der Waals surface area contributed by atoms with Crippen LogP contribution in [0, 0.1) is 0 Å². The number of nitrogens with one attached hydrogen (secondary N) is 1. The highest BCUT2D eigenvalue weighted by Crippen LogP contribution is 2.25. The Labute approximate surface area is 159 Å². The number of aromatic nitrogens is 2. The van der Waals surface area contributed by atoms with Crippen molar-refractivity contribution in [2.24, 2.45) is 0 Å². The van der Waals surface area contributed by atoms with E-state index in [2.05, 4.69) is 35.1 Å². The standard InChI is InChI=1S/C21H25N5O/c1-16(2)23-18-7-5-10-22-20(18)24-12-14-25(15-13-24)21(27)26-11-9-17-6-3-4-8-19(17)26/h3-11,16,23H,12-15H2,1-2H3. The number of anilines is 2. The minimum absolute atomic E-state index is 0.0393. The number of benzene rings is 1. The second kappa shape index (κ2) is 7.31. The number of pyridine rings is 1. The van der Waals surface area contributed by atoms with Crippen molar-refractivity contribution < 1.29 is 4.79 Å². The van der Waals surface area contributed by atoms with Crippen molar-refractivity contribution in [3.63, 3.8) is 0 Å². The first-order valence-electron chi connectivity index (χ1n) is 9.45. The molecule has 1 saturated heterocycles. The Hall–Kier alpha value is -3.02. The summed E-state index contributed by atoms with van der Waals surface area (Å²) in [7, 11) is 0. The number of para-hydroxylation sites is 1. The molecule has 6 nitrogen and oxygen atoms in total.